The van der Waals surface area contributed by atoms with Gasteiger partial charge in [0.15, 0.2) is 5.78 Å². The number of carbonyl (C=O) groups excluding carboxylic acids is 1. The Hall–Kier alpha value is -2.74. The highest BCUT2D eigenvalue weighted by Gasteiger charge is 2.32. The SMILES string of the molecule is O=C(c1cccc(C(F)(F)F)c1)[C@@H]1CCCN(Cc2cccc3nonc23)C1. The Balaban J connectivity index is 1.49. The molecule has 0 bridgehead atoms. The summed E-state index contributed by atoms with van der Waals surface area (Å²) >= 11 is 0. The predicted octanol–water partition coefficient (Wildman–Crippen LogP) is 4.34. The number of hydrogen-bond acceptors (Lipinski definition) is 5. The lowest BCUT2D eigenvalue weighted by atomic mass is 9.89. The predicted molar refractivity (Wildman–Crippen MR) is 95.6 cm³/mol. The van der Waals surface area contributed by atoms with E-state index < -0.39 is 11.7 Å². The van der Waals surface area contributed by atoms with Gasteiger partial charge in [0.2, 0.25) is 0 Å². The highest BCUT2D eigenvalue weighted by atomic mass is 19.4. The van der Waals surface area contributed by atoms with Crippen LogP contribution in [0.2, 0.25) is 0 Å². The summed E-state index contributed by atoms with van der Waals surface area (Å²) in [6.07, 6.45) is -2.98. The molecule has 146 valence electrons. The van der Waals surface area contributed by atoms with Crippen molar-refractivity contribution < 1.29 is 22.6 Å². The van der Waals surface area contributed by atoms with E-state index in [4.69, 9.17) is 4.63 Å². The van der Waals surface area contributed by atoms with E-state index >= 15 is 0 Å². The first kappa shape index (κ1) is 18.6. The molecule has 1 atom stereocenters. The third-order valence-electron chi connectivity index (χ3n) is 5.11. The number of aromatic nitrogens is 2. The van der Waals surface area contributed by atoms with Crippen LogP contribution in [0.1, 0.15) is 34.3 Å². The van der Waals surface area contributed by atoms with Crippen molar-refractivity contribution in [2.75, 3.05) is 13.1 Å². The van der Waals surface area contributed by atoms with Gasteiger partial charge in [-0.25, -0.2) is 4.63 Å². The number of hydrogen-bond donors (Lipinski definition) is 0. The third-order valence-corrected chi connectivity index (χ3v) is 5.11. The molecule has 4 rings (SSSR count). The van der Waals surface area contributed by atoms with Crippen molar-refractivity contribution in [3.63, 3.8) is 0 Å². The number of piperidine rings is 1. The van der Waals surface area contributed by atoms with Crippen LogP contribution in [-0.4, -0.2) is 34.1 Å². The fraction of sp³-hybridized carbons (Fsp3) is 0.350. The van der Waals surface area contributed by atoms with Crippen molar-refractivity contribution >= 4 is 16.8 Å². The molecule has 0 saturated carbocycles. The zero-order chi connectivity index (χ0) is 19.7. The summed E-state index contributed by atoms with van der Waals surface area (Å²) in [4.78, 5) is 14.9. The van der Waals surface area contributed by atoms with E-state index in [1.807, 2.05) is 18.2 Å². The molecule has 1 aromatic heterocycles. The molecule has 0 unspecified atom stereocenters. The molecule has 1 fully saturated rings. The standard InChI is InChI=1S/C20H18F3N3O2/c21-20(22,23)16-7-1-4-13(10-16)19(27)15-6-3-9-26(12-15)11-14-5-2-8-17-18(14)25-28-24-17/h1-2,4-5,7-8,10,15H,3,6,9,11-12H2/t15-/m1/s1. The van der Waals surface area contributed by atoms with Crippen LogP contribution in [0.5, 0.6) is 0 Å². The van der Waals surface area contributed by atoms with Crippen molar-refractivity contribution in [2.45, 2.75) is 25.6 Å². The summed E-state index contributed by atoms with van der Waals surface area (Å²) in [6, 6.07) is 10.3. The number of carbonyl (C=O) groups is 1. The van der Waals surface area contributed by atoms with Crippen LogP contribution in [0.25, 0.3) is 11.0 Å². The average Bonchev–Trinajstić information content (AvgIpc) is 3.17. The van der Waals surface area contributed by atoms with Gasteiger partial charge in [-0.05, 0) is 53.5 Å². The van der Waals surface area contributed by atoms with Gasteiger partial charge in [-0.2, -0.15) is 13.2 Å². The van der Waals surface area contributed by atoms with E-state index in [2.05, 4.69) is 15.2 Å². The second-order valence-corrected chi connectivity index (χ2v) is 7.07. The fourth-order valence-electron chi connectivity index (χ4n) is 3.73. The minimum atomic E-state index is -4.46. The molecule has 1 aliphatic rings. The van der Waals surface area contributed by atoms with Gasteiger partial charge in [-0.15, -0.1) is 0 Å². The van der Waals surface area contributed by atoms with Crippen LogP contribution in [0.3, 0.4) is 0 Å². The van der Waals surface area contributed by atoms with Gasteiger partial charge in [0.1, 0.15) is 11.0 Å². The van der Waals surface area contributed by atoms with Crippen LogP contribution in [0.4, 0.5) is 13.2 Å². The van der Waals surface area contributed by atoms with E-state index in [0.29, 0.717) is 30.5 Å². The molecule has 3 aromatic rings. The number of ketones is 1. The van der Waals surface area contributed by atoms with Crippen molar-refractivity contribution in [3.8, 4) is 0 Å². The van der Waals surface area contributed by atoms with Gasteiger partial charge in [0, 0.05) is 24.6 Å². The molecule has 0 spiro atoms. The lowest BCUT2D eigenvalue weighted by Crippen LogP contribution is -2.38. The number of rotatable bonds is 4. The highest BCUT2D eigenvalue weighted by Crippen LogP contribution is 2.31. The van der Waals surface area contributed by atoms with Crippen LogP contribution < -0.4 is 0 Å². The molecule has 0 radical (unpaired) electrons. The van der Waals surface area contributed by atoms with Crippen LogP contribution in [-0.2, 0) is 12.7 Å². The van der Waals surface area contributed by atoms with Gasteiger partial charge in [-0.3, -0.25) is 9.69 Å². The topological polar surface area (TPSA) is 59.2 Å². The van der Waals surface area contributed by atoms with E-state index in [1.54, 1.807) is 0 Å². The highest BCUT2D eigenvalue weighted by molar-refractivity contribution is 5.98. The number of halogens is 3. The van der Waals surface area contributed by atoms with Gasteiger partial charge < -0.3 is 0 Å². The molecule has 1 saturated heterocycles. The van der Waals surface area contributed by atoms with Crippen LogP contribution in [0, 0.1) is 5.92 Å². The molecule has 0 N–H and O–H groups in total. The number of Topliss-reactive ketones (excluding diaryl/α,β-unsaturated/α-hetero) is 1. The summed E-state index contributed by atoms with van der Waals surface area (Å²) in [5.74, 6) is -0.566. The first-order valence-corrected chi connectivity index (χ1v) is 9.06. The number of likely N-dealkylation sites (tertiary alicyclic amines) is 1. The average molecular weight is 389 g/mol. The maximum absolute atomic E-state index is 12.9. The van der Waals surface area contributed by atoms with Gasteiger partial charge in [0.25, 0.3) is 0 Å². The smallest absolute Gasteiger partial charge is 0.298 e. The molecule has 1 aliphatic heterocycles. The third kappa shape index (κ3) is 3.77. The minimum absolute atomic E-state index is 0.115. The number of alkyl halides is 3. The quantitative estimate of drug-likeness (QED) is 0.622. The summed E-state index contributed by atoms with van der Waals surface area (Å²) in [5, 5.41) is 7.77. The zero-order valence-corrected chi connectivity index (χ0v) is 14.9. The second kappa shape index (κ2) is 7.35. The van der Waals surface area contributed by atoms with E-state index in [-0.39, 0.29) is 17.3 Å². The Labute approximate surface area is 159 Å². The maximum atomic E-state index is 12.9. The molecule has 2 aromatic carbocycles. The molecular weight excluding hydrogens is 371 g/mol. The van der Waals surface area contributed by atoms with Gasteiger partial charge in [0.05, 0.1) is 5.56 Å². The van der Waals surface area contributed by atoms with Gasteiger partial charge >= 0.3 is 6.18 Å². The normalized spacial score (nSPS) is 18.5. The molecule has 8 heteroatoms. The lowest BCUT2D eigenvalue weighted by molar-refractivity contribution is -0.137. The van der Waals surface area contributed by atoms with E-state index in [9.17, 15) is 18.0 Å². The number of fused-ring (bicyclic) bond motifs is 1. The molecule has 2 heterocycles. The summed E-state index contributed by atoms with van der Waals surface area (Å²) in [5.41, 5.74) is 1.63. The molecular formula is C20H18F3N3O2. The Bertz CT molecular complexity index is 1000. The zero-order valence-electron chi connectivity index (χ0n) is 14.9. The molecule has 0 aliphatic carbocycles. The fourth-order valence-corrected chi connectivity index (χ4v) is 3.73. The Morgan fingerprint density at radius 1 is 1.18 bits per heavy atom. The minimum Gasteiger partial charge on any atom is -0.298 e. The monoisotopic (exact) mass is 389 g/mol. The Morgan fingerprint density at radius 2 is 2.00 bits per heavy atom. The molecule has 0 amide bonds. The Morgan fingerprint density at radius 3 is 2.82 bits per heavy atom. The largest absolute Gasteiger partial charge is 0.416 e. The summed E-state index contributed by atoms with van der Waals surface area (Å²) in [6.45, 7) is 1.89. The number of benzene rings is 2. The number of nitrogens with zero attached hydrogens (tertiary/aromatic N) is 3. The molecule has 5 nitrogen and oxygen atoms in total. The van der Waals surface area contributed by atoms with E-state index in [1.165, 1.54) is 12.1 Å². The van der Waals surface area contributed by atoms with Crippen molar-refractivity contribution in [3.05, 3.63) is 59.2 Å². The van der Waals surface area contributed by atoms with E-state index in [0.717, 1.165) is 30.7 Å². The van der Waals surface area contributed by atoms with Crippen molar-refractivity contribution in [1.82, 2.24) is 15.2 Å². The first-order valence-electron chi connectivity index (χ1n) is 9.06. The van der Waals surface area contributed by atoms with Crippen LogP contribution in [0.15, 0.2) is 47.1 Å². The Kier molecular flexibility index (Phi) is 4.89. The van der Waals surface area contributed by atoms with Crippen LogP contribution >= 0.6 is 0 Å². The van der Waals surface area contributed by atoms with Gasteiger partial charge in [-0.1, -0.05) is 24.3 Å². The molecule has 28 heavy (non-hydrogen) atoms. The first-order chi connectivity index (χ1) is 13.4. The summed E-state index contributed by atoms with van der Waals surface area (Å²) in [7, 11) is 0. The second-order valence-electron chi connectivity index (χ2n) is 7.07. The van der Waals surface area contributed by atoms with Crippen molar-refractivity contribution in [1.29, 1.82) is 0 Å². The lowest BCUT2D eigenvalue weighted by Gasteiger charge is -2.32. The van der Waals surface area contributed by atoms with Crippen molar-refractivity contribution in [2.24, 2.45) is 5.92 Å². The maximum Gasteiger partial charge on any atom is 0.416 e. The summed E-state index contributed by atoms with van der Waals surface area (Å²) < 4.78 is 43.6.